The lowest BCUT2D eigenvalue weighted by atomic mass is 10.1. The van der Waals surface area contributed by atoms with Gasteiger partial charge in [-0.25, -0.2) is 29.9 Å². The van der Waals surface area contributed by atoms with Crippen molar-refractivity contribution >= 4 is 50.5 Å². The summed E-state index contributed by atoms with van der Waals surface area (Å²) in [6.45, 7) is -0.787. The Labute approximate surface area is 236 Å². The molecule has 7 N–H and O–H groups in total. The Balaban J connectivity index is 1.11. The van der Waals surface area contributed by atoms with Crippen LogP contribution in [0.15, 0.2) is 25.3 Å². The zero-order valence-corrected chi connectivity index (χ0v) is 23.4. The molecule has 0 saturated carbocycles. The Hall–Kier alpha value is -3.16. The van der Waals surface area contributed by atoms with Crippen LogP contribution in [0.2, 0.25) is 0 Å². The van der Waals surface area contributed by atoms with Gasteiger partial charge in [0.05, 0.1) is 32.0 Å². The molecule has 0 amide bonds. The fourth-order valence-electron chi connectivity index (χ4n) is 4.85. The molecule has 0 spiro atoms. The van der Waals surface area contributed by atoms with Crippen LogP contribution >= 0.6 is 16.5 Å². The van der Waals surface area contributed by atoms with E-state index in [0.717, 1.165) is 0 Å². The average Bonchev–Trinajstić information content (AvgIpc) is 3.73. The lowest BCUT2D eigenvalue weighted by molar-refractivity contribution is -0.0484. The molecule has 4 aromatic heterocycles. The lowest BCUT2D eigenvalue weighted by Crippen LogP contribution is -2.35. The van der Waals surface area contributed by atoms with Gasteiger partial charge in [-0.3, -0.25) is 18.3 Å². The molecule has 2 fully saturated rings. The van der Waals surface area contributed by atoms with Crippen molar-refractivity contribution in [1.82, 2.24) is 39.0 Å². The second-order valence-corrected chi connectivity index (χ2v) is 11.2. The minimum atomic E-state index is -3.36. The number of hydrogen-bond acceptors (Lipinski definition) is 17. The summed E-state index contributed by atoms with van der Waals surface area (Å²) in [6.07, 6.45) is -2.18. The van der Waals surface area contributed by atoms with Gasteiger partial charge in [0.15, 0.2) is 29.2 Å². The summed E-state index contributed by atoms with van der Waals surface area (Å²) < 4.78 is 54.4. The Morgan fingerprint density at radius 1 is 0.881 bits per heavy atom. The number of fused-ring (bicyclic) bond motifs is 2. The van der Waals surface area contributed by atoms with Crippen molar-refractivity contribution in [3.05, 3.63) is 25.3 Å². The zero-order valence-electron chi connectivity index (χ0n) is 21.4. The number of aromatic nitrogens is 8. The molecule has 6 heterocycles. The summed E-state index contributed by atoms with van der Waals surface area (Å²) >= 11 is 0. The van der Waals surface area contributed by atoms with E-state index in [9.17, 15) is 19.3 Å². The molecule has 2 aliphatic rings. The SMILES string of the molecule is Nc1ncnc2c1ncn2[C@@H]1O[C@H](CO[PH](=O)O)[C@@H](O[PH](=O)OC[C@H]2O[C@@H](n3cnc4c(N)ncnc43)C[C@@H]2O)[C@H]1O. The van der Waals surface area contributed by atoms with Crippen molar-refractivity contribution < 1.29 is 47.3 Å². The second-order valence-electron chi connectivity index (χ2n) is 9.37. The number of rotatable bonds is 10. The summed E-state index contributed by atoms with van der Waals surface area (Å²) in [7, 11) is -6.69. The first-order valence-corrected chi connectivity index (χ1v) is 14.9. The molecular weight excluding hydrogens is 602 g/mol. The van der Waals surface area contributed by atoms with E-state index < -0.39 is 66.1 Å². The van der Waals surface area contributed by atoms with Crippen molar-refractivity contribution in [3.8, 4) is 0 Å². The number of nitrogens with two attached hydrogens (primary N) is 2. The summed E-state index contributed by atoms with van der Waals surface area (Å²) in [5, 5.41) is 21.6. The van der Waals surface area contributed by atoms with Crippen molar-refractivity contribution in [2.75, 3.05) is 24.7 Å². The van der Waals surface area contributed by atoms with E-state index in [4.69, 9.17) is 39.4 Å². The molecule has 22 heteroatoms. The van der Waals surface area contributed by atoms with Gasteiger partial charge in [0, 0.05) is 6.42 Å². The predicted octanol–water partition coefficient (Wildman–Crippen LogP) is -1.07. The summed E-state index contributed by atoms with van der Waals surface area (Å²) in [4.78, 5) is 33.5. The largest absolute Gasteiger partial charge is 0.390 e. The van der Waals surface area contributed by atoms with Crippen LogP contribution < -0.4 is 11.5 Å². The Kier molecular flexibility index (Phi) is 8.16. The quantitative estimate of drug-likeness (QED) is 0.131. The van der Waals surface area contributed by atoms with Gasteiger partial charge in [-0.2, -0.15) is 0 Å². The lowest BCUT2D eigenvalue weighted by Gasteiger charge is -2.21. The van der Waals surface area contributed by atoms with Gasteiger partial charge in [-0.1, -0.05) is 0 Å². The minimum Gasteiger partial charge on any atom is -0.390 e. The average molecular weight is 628 g/mol. The van der Waals surface area contributed by atoms with E-state index in [-0.39, 0.29) is 35.8 Å². The topological polar surface area (TPSA) is 280 Å². The van der Waals surface area contributed by atoms with Gasteiger partial charge in [0.1, 0.15) is 54.3 Å². The summed E-state index contributed by atoms with van der Waals surface area (Å²) in [5.41, 5.74) is 13.0. The third-order valence-corrected chi connectivity index (χ3v) is 8.12. The van der Waals surface area contributed by atoms with E-state index in [0.29, 0.717) is 11.2 Å². The van der Waals surface area contributed by atoms with Crippen LogP contribution in [-0.2, 0) is 32.2 Å². The normalized spacial score (nSPS) is 29.5. The van der Waals surface area contributed by atoms with E-state index in [1.165, 1.54) is 29.9 Å². The van der Waals surface area contributed by atoms with Gasteiger partial charge in [0.2, 0.25) is 0 Å². The van der Waals surface area contributed by atoms with Crippen LogP contribution in [0.1, 0.15) is 18.9 Å². The molecule has 0 aromatic carbocycles. The molecule has 0 radical (unpaired) electrons. The Bertz CT molecular complexity index is 1640. The van der Waals surface area contributed by atoms with Crippen LogP contribution in [0.5, 0.6) is 0 Å². The standard InChI is InChI=1S/C20H26N10O10P2/c21-16-12-18(25-4-23-16)29(6-27-12)11-1-8(31)9(38-11)2-37-42(35)40-15-10(3-36-41(33)34)39-20(14(15)32)30-7-28-13-17(22)24-5-26-19(13)30/h4-11,14-15,20,31-32,41-42H,1-3H2,(H,33,34)(H2,21,23,25)(H2,22,24,26)/t8-,9+,10+,11+,14+,15+,20+/m0/s1. The number of aliphatic hydroxyl groups is 2. The molecule has 226 valence electrons. The van der Waals surface area contributed by atoms with Gasteiger partial charge in [-0.15, -0.1) is 0 Å². The van der Waals surface area contributed by atoms with Gasteiger partial charge in [-0.05, 0) is 0 Å². The van der Waals surface area contributed by atoms with Crippen LogP contribution in [0, 0.1) is 0 Å². The second kappa shape index (κ2) is 11.8. The highest BCUT2D eigenvalue weighted by Gasteiger charge is 2.47. The Morgan fingerprint density at radius 3 is 2.17 bits per heavy atom. The summed E-state index contributed by atoms with van der Waals surface area (Å²) in [5.74, 6) is 0.301. The highest BCUT2D eigenvalue weighted by molar-refractivity contribution is 7.33. The number of aliphatic hydroxyl groups excluding tert-OH is 2. The highest BCUT2D eigenvalue weighted by Crippen LogP contribution is 2.40. The number of ether oxygens (including phenoxy) is 2. The number of hydrogen-bond donors (Lipinski definition) is 5. The molecule has 2 saturated heterocycles. The number of anilines is 2. The monoisotopic (exact) mass is 628 g/mol. The molecule has 0 bridgehead atoms. The first-order chi connectivity index (χ1) is 20.2. The van der Waals surface area contributed by atoms with Crippen molar-refractivity contribution in [2.24, 2.45) is 0 Å². The molecule has 6 rings (SSSR count). The molecule has 9 atom stereocenters. The number of nitrogens with zero attached hydrogens (tertiary/aromatic N) is 8. The minimum absolute atomic E-state index is 0.105. The van der Waals surface area contributed by atoms with E-state index in [1.54, 1.807) is 4.57 Å². The van der Waals surface area contributed by atoms with E-state index in [1.807, 2.05) is 0 Å². The van der Waals surface area contributed by atoms with Gasteiger partial charge in [0.25, 0.3) is 0 Å². The maximum Gasteiger partial charge on any atom is 0.319 e. The maximum atomic E-state index is 12.9. The van der Waals surface area contributed by atoms with Crippen LogP contribution in [0.3, 0.4) is 0 Å². The fraction of sp³-hybridized carbons (Fsp3) is 0.500. The number of imidazole rings is 2. The molecule has 42 heavy (non-hydrogen) atoms. The molecule has 20 nitrogen and oxygen atoms in total. The Morgan fingerprint density at radius 2 is 1.50 bits per heavy atom. The predicted molar refractivity (Wildman–Crippen MR) is 141 cm³/mol. The van der Waals surface area contributed by atoms with Crippen LogP contribution in [0.25, 0.3) is 22.3 Å². The first kappa shape index (κ1) is 28.9. The van der Waals surface area contributed by atoms with Gasteiger partial charge < -0.3 is 49.6 Å². The molecule has 0 aliphatic carbocycles. The van der Waals surface area contributed by atoms with Crippen LogP contribution in [-0.4, -0.2) is 97.9 Å². The number of nitrogen functional groups attached to an aromatic ring is 2. The molecule has 2 aliphatic heterocycles. The smallest absolute Gasteiger partial charge is 0.319 e. The van der Waals surface area contributed by atoms with Crippen molar-refractivity contribution in [3.63, 3.8) is 0 Å². The van der Waals surface area contributed by atoms with E-state index in [2.05, 4.69) is 29.9 Å². The van der Waals surface area contributed by atoms with Crippen LogP contribution in [0.4, 0.5) is 11.6 Å². The molecular formula is C20H26N10O10P2. The van der Waals surface area contributed by atoms with Gasteiger partial charge >= 0.3 is 16.5 Å². The highest BCUT2D eigenvalue weighted by atomic mass is 31.1. The molecule has 2 unspecified atom stereocenters. The summed E-state index contributed by atoms with van der Waals surface area (Å²) in [6, 6.07) is 0. The van der Waals surface area contributed by atoms with E-state index >= 15 is 0 Å². The molecule has 4 aromatic rings. The fourth-order valence-corrected chi connectivity index (χ4v) is 6.04. The van der Waals surface area contributed by atoms with Crippen molar-refractivity contribution in [1.29, 1.82) is 0 Å². The first-order valence-electron chi connectivity index (χ1n) is 12.4. The third kappa shape index (κ3) is 5.49. The zero-order chi connectivity index (χ0) is 29.5. The maximum absolute atomic E-state index is 12.9. The van der Waals surface area contributed by atoms with Crippen molar-refractivity contribution in [2.45, 2.75) is 49.4 Å². The third-order valence-electron chi connectivity index (χ3n) is 6.84.